The predicted molar refractivity (Wildman–Crippen MR) is 58.3 cm³/mol. The van der Waals surface area contributed by atoms with Crippen molar-refractivity contribution in [2.45, 2.75) is 45.3 Å². The zero-order valence-corrected chi connectivity index (χ0v) is 10.8. The Kier molecular flexibility index (Phi) is 3.64. The van der Waals surface area contributed by atoms with Gasteiger partial charge in [0.2, 0.25) is 0 Å². The van der Waals surface area contributed by atoms with Crippen LogP contribution in [0.3, 0.4) is 0 Å². The van der Waals surface area contributed by atoms with Crippen LogP contribution >= 0.6 is 0 Å². The van der Waals surface area contributed by atoms with Gasteiger partial charge >= 0.3 is 5.97 Å². The Morgan fingerprint density at radius 1 is 1.25 bits per heavy atom. The number of ether oxygens (including phenoxy) is 1. The number of carbonyl (C=O) groups is 1. The molecule has 0 aromatic carbocycles. The van der Waals surface area contributed by atoms with Gasteiger partial charge < -0.3 is 4.74 Å². The molecule has 0 saturated heterocycles. The van der Waals surface area contributed by atoms with Gasteiger partial charge in [0, 0.05) is 0 Å². The van der Waals surface area contributed by atoms with E-state index in [2.05, 4.69) is 0 Å². The molecule has 6 heteroatoms. The molecule has 0 atom stereocenters. The summed E-state index contributed by atoms with van der Waals surface area (Å²) >= 11 is 0. The number of esters is 1. The van der Waals surface area contributed by atoms with Gasteiger partial charge in [-0.05, 0) is 33.6 Å². The summed E-state index contributed by atoms with van der Waals surface area (Å²) in [5.41, 5.74) is -0.500. The largest absolute Gasteiger partial charge is 0.460 e. The molecule has 94 valence electrons. The summed E-state index contributed by atoms with van der Waals surface area (Å²) in [7, 11) is -3.42. The lowest BCUT2D eigenvalue weighted by atomic mass is 9.82. The average molecular weight is 250 g/mol. The fourth-order valence-electron chi connectivity index (χ4n) is 1.47. The molecule has 0 N–H and O–H groups in total. The van der Waals surface area contributed by atoms with Gasteiger partial charge in [-0.25, -0.2) is 0 Å². The van der Waals surface area contributed by atoms with Crippen molar-refractivity contribution < 1.29 is 22.1 Å². The number of hydrogen-bond acceptors (Lipinski definition) is 5. The quantitative estimate of drug-likeness (QED) is 0.554. The van der Waals surface area contributed by atoms with Crippen LogP contribution < -0.4 is 0 Å². The minimum Gasteiger partial charge on any atom is -0.460 e. The Bertz CT molecular complexity index is 359. The maximum absolute atomic E-state index is 11.5. The first-order valence-electron chi connectivity index (χ1n) is 5.18. The van der Waals surface area contributed by atoms with Crippen LogP contribution in [-0.4, -0.2) is 32.3 Å². The van der Waals surface area contributed by atoms with E-state index in [1.807, 2.05) is 0 Å². The van der Waals surface area contributed by atoms with E-state index < -0.39 is 15.7 Å². The van der Waals surface area contributed by atoms with Crippen LogP contribution in [0.5, 0.6) is 0 Å². The molecule has 1 aliphatic rings. The van der Waals surface area contributed by atoms with Crippen LogP contribution in [0.15, 0.2) is 0 Å². The van der Waals surface area contributed by atoms with Gasteiger partial charge in [0.15, 0.2) is 0 Å². The zero-order chi connectivity index (χ0) is 12.6. The molecule has 1 rings (SSSR count). The molecule has 0 unspecified atom stereocenters. The van der Waals surface area contributed by atoms with Crippen LogP contribution in [0.2, 0.25) is 0 Å². The van der Waals surface area contributed by atoms with Gasteiger partial charge in [0.25, 0.3) is 10.1 Å². The third-order valence-electron chi connectivity index (χ3n) is 2.15. The van der Waals surface area contributed by atoms with E-state index in [-0.39, 0.29) is 18.0 Å². The lowest BCUT2D eigenvalue weighted by Gasteiger charge is -2.34. The van der Waals surface area contributed by atoms with Crippen LogP contribution in [0.25, 0.3) is 0 Å². The van der Waals surface area contributed by atoms with Crippen molar-refractivity contribution in [3.63, 3.8) is 0 Å². The van der Waals surface area contributed by atoms with Crippen molar-refractivity contribution in [3.8, 4) is 0 Å². The molecule has 16 heavy (non-hydrogen) atoms. The van der Waals surface area contributed by atoms with E-state index in [1.54, 1.807) is 20.8 Å². The molecule has 0 aliphatic heterocycles. The molecule has 1 fully saturated rings. The first-order valence-corrected chi connectivity index (χ1v) is 6.99. The summed E-state index contributed by atoms with van der Waals surface area (Å²) in [5, 5.41) is 0. The van der Waals surface area contributed by atoms with Crippen LogP contribution in [-0.2, 0) is 23.8 Å². The topological polar surface area (TPSA) is 69.7 Å². The maximum atomic E-state index is 11.5. The summed E-state index contributed by atoms with van der Waals surface area (Å²) in [6, 6.07) is 0. The highest BCUT2D eigenvalue weighted by molar-refractivity contribution is 7.86. The lowest BCUT2D eigenvalue weighted by Crippen LogP contribution is -2.40. The van der Waals surface area contributed by atoms with Crippen LogP contribution in [0, 0.1) is 5.92 Å². The smallest absolute Gasteiger partial charge is 0.309 e. The van der Waals surface area contributed by atoms with Gasteiger partial charge in [0.05, 0.1) is 18.3 Å². The monoisotopic (exact) mass is 250 g/mol. The molecule has 0 aromatic rings. The first kappa shape index (κ1) is 13.4. The molecule has 0 heterocycles. The van der Waals surface area contributed by atoms with Crippen LogP contribution in [0.4, 0.5) is 0 Å². The van der Waals surface area contributed by atoms with E-state index in [9.17, 15) is 13.2 Å². The van der Waals surface area contributed by atoms with Gasteiger partial charge in [0.1, 0.15) is 5.60 Å². The fraction of sp³-hybridized carbons (Fsp3) is 0.900. The van der Waals surface area contributed by atoms with E-state index in [0.717, 1.165) is 6.26 Å². The summed E-state index contributed by atoms with van der Waals surface area (Å²) in [6.07, 6.45) is 1.48. The molecule has 5 nitrogen and oxygen atoms in total. The van der Waals surface area contributed by atoms with Crippen molar-refractivity contribution in [1.82, 2.24) is 0 Å². The normalized spacial score (nSPS) is 26.0. The van der Waals surface area contributed by atoms with Crippen molar-refractivity contribution in [3.05, 3.63) is 0 Å². The van der Waals surface area contributed by atoms with Crippen molar-refractivity contribution >= 4 is 16.1 Å². The van der Waals surface area contributed by atoms with E-state index >= 15 is 0 Å². The van der Waals surface area contributed by atoms with Gasteiger partial charge in [-0.15, -0.1) is 0 Å². The summed E-state index contributed by atoms with van der Waals surface area (Å²) in [6.45, 7) is 5.40. The molecule has 0 spiro atoms. The molecule has 0 aromatic heterocycles. The second kappa shape index (κ2) is 4.33. The Morgan fingerprint density at radius 2 is 1.75 bits per heavy atom. The molecule has 1 saturated carbocycles. The average Bonchev–Trinajstić information content (AvgIpc) is 1.89. The third-order valence-corrected chi connectivity index (χ3v) is 2.77. The Labute approximate surface area is 96.2 Å². The SMILES string of the molecule is CC(C)(C)OC(=O)[C@H]1C[C@@H](OS(C)(=O)=O)C1. The molecule has 0 bridgehead atoms. The molecule has 0 radical (unpaired) electrons. The number of hydrogen-bond donors (Lipinski definition) is 0. The summed E-state index contributed by atoms with van der Waals surface area (Å²) < 4.78 is 31.5. The molecule has 0 amide bonds. The second-order valence-corrected chi connectivity index (χ2v) is 6.72. The van der Waals surface area contributed by atoms with Crippen LogP contribution in [0.1, 0.15) is 33.6 Å². The highest BCUT2D eigenvalue weighted by Gasteiger charge is 2.39. The van der Waals surface area contributed by atoms with E-state index in [0.29, 0.717) is 12.8 Å². The fourth-order valence-corrected chi connectivity index (χ4v) is 2.12. The predicted octanol–water partition coefficient (Wildman–Crippen LogP) is 1.08. The Hall–Kier alpha value is -0.620. The number of carbonyl (C=O) groups excluding carboxylic acids is 1. The summed E-state index contributed by atoms with van der Waals surface area (Å²) in [4.78, 5) is 11.5. The second-order valence-electron chi connectivity index (χ2n) is 5.12. The van der Waals surface area contributed by atoms with Gasteiger partial charge in [-0.1, -0.05) is 0 Å². The van der Waals surface area contributed by atoms with Crippen molar-refractivity contribution in [2.75, 3.05) is 6.26 Å². The minimum atomic E-state index is -3.42. The van der Waals surface area contributed by atoms with E-state index in [4.69, 9.17) is 8.92 Å². The standard InChI is InChI=1S/C10H18O5S/c1-10(2,3)14-9(11)7-5-8(6-7)15-16(4,12)13/h7-8H,5-6H2,1-4H3/t7-,8+. The zero-order valence-electron chi connectivity index (χ0n) is 10.0. The highest BCUT2D eigenvalue weighted by atomic mass is 32.2. The molecular formula is C10H18O5S. The molecular weight excluding hydrogens is 232 g/mol. The first-order chi connectivity index (χ1) is 7.07. The van der Waals surface area contributed by atoms with Crippen molar-refractivity contribution in [2.24, 2.45) is 5.92 Å². The van der Waals surface area contributed by atoms with Crippen molar-refractivity contribution in [1.29, 1.82) is 0 Å². The van der Waals surface area contributed by atoms with E-state index in [1.165, 1.54) is 0 Å². The van der Waals surface area contributed by atoms with Gasteiger partial charge in [-0.3, -0.25) is 8.98 Å². The Morgan fingerprint density at radius 3 is 2.12 bits per heavy atom. The Balaban J connectivity index is 2.34. The highest BCUT2D eigenvalue weighted by Crippen LogP contribution is 2.33. The maximum Gasteiger partial charge on any atom is 0.309 e. The summed E-state index contributed by atoms with van der Waals surface area (Å²) in [5.74, 6) is -0.508. The third kappa shape index (κ3) is 4.49. The minimum absolute atomic E-state index is 0.231. The lowest BCUT2D eigenvalue weighted by molar-refractivity contribution is -0.166. The van der Waals surface area contributed by atoms with Gasteiger partial charge in [-0.2, -0.15) is 8.42 Å². The molecule has 1 aliphatic carbocycles. The number of rotatable bonds is 3.